The Hall–Kier alpha value is -2.26. The van der Waals surface area contributed by atoms with Crippen LogP contribution in [0.1, 0.15) is 17.6 Å². The van der Waals surface area contributed by atoms with Gasteiger partial charge >= 0.3 is 6.03 Å². The highest BCUT2D eigenvalue weighted by Gasteiger charge is 2.11. The smallest absolute Gasteiger partial charge is 0.321 e. The van der Waals surface area contributed by atoms with Crippen LogP contribution in [0, 0.1) is 0 Å². The van der Waals surface area contributed by atoms with E-state index in [1.807, 2.05) is 31.2 Å². The summed E-state index contributed by atoms with van der Waals surface area (Å²) in [6, 6.07) is 7.19. The minimum Gasteiger partial charge on any atom is -0.334 e. The molecule has 0 radical (unpaired) electrons. The lowest BCUT2D eigenvalue weighted by Crippen LogP contribution is -2.28. The van der Waals surface area contributed by atoms with Crippen LogP contribution in [0.2, 0.25) is 0 Å². The standard InChI is InChI=1S/C15H14BrN5O2S/c1-2-11-7-18-15(24-11)20-14(22)17-8-12-19-13(23-21-12)9-4-3-5-10(16)6-9/h3-7H,2,8H2,1H3,(H2,17,18,20,22). The zero-order valence-corrected chi connectivity index (χ0v) is 15.1. The van der Waals surface area contributed by atoms with E-state index in [9.17, 15) is 4.79 Å². The molecule has 2 amide bonds. The number of nitrogens with one attached hydrogen (secondary N) is 2. The quantitative estimate of drug-likeness (QED) is 0.669. The van der Waals surface area contributed by atoms with Crippen molar-refractivity contribution in [3.63, 3.8) is 0 Å². The van der Waals surface area contributed by atoms with Gasteiger partial charge in [0, 0.05) is 21.1 Å². The summed E-state index contributed by atoms with van der Waals surface area (Å²) in [7, 11) is 0. The van der Waals surface area contributed by atoms with Crippen LogP contribution in [0.15, 0.2) is 39.5 Å². The molecule has 0 aliphatic rings. The fourth-order valence-corrected chi connectivity index (χ4v) is 3.04. The van der Waals surface area contributed by atoms with Crippen molar-refractivity contribution in [2.75, 3.05) is 5.32 Å². The Balaban J connectivity index is 1.56. The fourth-order valence-electron chi connectivity index (χ4n) is 1.89. The highest BCUT2D eigenvalue weighted by atomic mass is 79.9. The second kappa shape index (κ2) is 7.54. The largest absolute Gasteiger partial charge is 0.334 e. The van der Waals surface area contributed by atoms with Crippen LogP contribution in [0.5, 0.6) is 0 Å². The van der Waals surface area contributed by atoms with Crippen molar-refractivity contribution in [3.8, 4) is 11.5 Å². The summed E-state index contributed by atoms with van der Waals surface area (Å²) < 4.78 is 6.13. The number of amides is 2. The summed E-state index contributed by atoms with van der Waals surface area (Å²) >= 11 is 4.84. The first-order chi connectivity index (χ1) is 11.6. The molecule has 2 aromatic heterocycles. The van der Waals surface area contributed by atoms with Gasteiger partial charge in [-0.05, 0) is 24.6 Å². The average molecular weight is 408 g/mol. The molecule has 2 N–H and O–H groups in total. The topological polar surface area (TPSA) is 92.9 Å². The lowest BCUT2D eigenvalue weighted by Gasteiger charge is -2.01. The molecule has 0 spiro atoms. The van der Waals surface area contributed by atoms with Crippen LogP contribution in [0.25, 0.3) is 11.5 Å². The fraction of sp³-hybridized carbons (Fsp3) is 0.200. The maximum absolute atomic E-state index is 11.9. The third kappa shape index (κ3) is 4.18. The summed E-state index contributed by atoms with van der Waals surface area (Å²) in [5.74, 6) is 0.800. The molecule has 0 aliphatic carbocycles. The van der Waals surface area contributed by atoms with Gasteiger partial charge in [0.05, 0.1) is 6.54 Å². The number of hydrogen-bond acceptors (Lipinski definition) is 6. The van der Waals surface area contributed by atoms with Crippen molar-refractivity contribution < 1.29 is 9.32 Å². The van der Waals surface area contributed by atoms with Gasteiger partial charge < -0.3 is 9.84 Å². The number of carbonyl (C=O) groups is 1. The van der Waals surface area contributed by atoms with Crippen molar-refractivity contribution in [1.82, 2.24) is 20.4 Å². The molecule has 3 rings (SSSR count). The lowest BCUT2D eigenvalue weighted by molar-refractivity contribution is 0.251. The maximum atomic E-state index is 11.9. The number of aryl methyl sites for hydroxylation is 1. The van der Waals surface area contributed by atoms with E-state index >= 15 is 0 Å². The van der Waals surface area contributed by atoms with E-state index in [4.69, 9.17) is 4.52 Å². The number of hydrogen-bond donors (Lipinski definition) is 2. The molecule has 9 heteroatoms. The number of thiazole rings is 1. The molecule has 0 unspecified atom stereocenters. The lowest BCUT2D eigenvalue weighted by atomic mass is 10.2. The molecule has 2 heterocycles. The SMILES string of the molecule is CCc1cnc(NC(=O)NCc2noc(-c3cccc(Br)c3)n2)s1. The Morgan fingerprint density at radius 3 is 3.04 bits per heavy atom. The highest BCUT2D eigenvalue weighted by molar-refractivity contribution is 9.10. The Morgan fingerprint density at radius 1 is 1.42 bits per heavy atom. The summed E-state index contributed by atoms with van der Waals surface area (Å²) in [6.45, 7) is 2.20. The monoisotopic (exact) mass is 407 g/mol. The Kier molecular flexibility index (Phi) is 5.21. The number of aromatic nitrogens is 3. The summed E-state index contributed by atoms with van der Waals surface area (Å²) in [5, 5.41) is 9.78. The number of anilines is 1. The second-order valence-corrected chi connectivity index (χ2v) is 6.85. The third-order valence-corrected chi connectivity index (χ3v) is 4.62. The van der Waals surface area contributed by atoms with Crippen LogP contribution in [-0.4, -0.2) is 21.2 Å². The molecule has 1 aromatic carbocycles. The van der Waals surface area contributed by atoms with E-state index < -0.39 is 0 Å². The van der Waals surface area contributed by atoms with Gasteiger partial charge in [-0.25, -0.2) is 9.78 Å². The molecular formula is C15H14BrN5O2S. The van der Waals surface area contributed by atoms with Crippen LogP contribution in [0.3, 0.4) is 0 Å². The molecule has 7 nitrogen and oxygen atoms in total. The molecule has 0 bridgehead atoms. The zero-order chi connectivity index (χ0) is 16.9. The van der Waals surface area contributed by atoms with Crippen LogP contribution < -0.4 is 10.6 Å². The summed E-state index contributed by atoms with van der Waals surface area (Å²) in [5.41, 5.74) is 0.808. The number of carbonyl (C=O) groups excluding carboxylic acids is 1. The predicted octanol–water partition coefficient (Wildman–Crippen LogP) is 3.84. The van der Waals surface area contributed by atoms with Gasteiger partial charge in [0.25, 0.3) is 5.89 Å². The van der Waals surface area contributed by atoms with Gasteiger partial charge in [-0.2, -0.15) is 4.98 Å². The summed E-state index contributed by atoms with van der Waals surface area (Å²) in [6.07, 6.45) is 2.64. The number of rotatable bonds is 5. The van der Waals surface area contributed by atoms with E-state index in [1.54, 1.807) is 6.20 Å². The van der Waals surface area contributed by atoms with Crippen molar-refractivity contribution in [2.45, 2.75) is 19.9 Å². The van der Waals surface area contributed by atoms with E-state index in [1.165, 1.54) is 11.3 Å². The van der Waals surface area contributed by atoms with Gasteiger partial charge in [-0.15, -0.1) is 11.3 Å². The van der Waals surface area contributed by atoms with Gasteiger partial charge in [0.1, 0.15) is 0 Å². The van der Waals surface area contributed by atoms with Crippen LogP contribution >= 0.6 is 27.3 Å². The normalized spacial score (nSPS) is 10.6. The Morgan fingerprint density at radius 2 is 2.29 bits per heavy atom. The zero-order valence-electron chi connectivity index (χ0n) is 12.7. The maximum Gasteiger partial charge on any atom is 0.321 e. The third-order valence-electron chi connectivity index (χ3n) is 3.07. The van der Waals surface area contributed by atoms with E-state index in [0.29, 0.717) is 16.8 Å². The molecular weight excluding hydrogens is 394 g/mol. The predicted molar refractivity (Wildman–Crippen MR) is 94.8 cm³/mol. The molecule has 0 atom stereocenters. The minimum atomic E-state index is -0.360. The Bertz CT molecular complexity index is 848. The highest BCUT2D eigenvalue weighted by Crippen LogP contribution is 2.21. The molecule has 0 saturated carbocycles. The summed E-state index contributed by atoms with van der Waals surface area (Å²) in [4.78, 5) is 21.4. The van der Waals surface area contributed by atoms with E-state index in [0.717, 1.165) is 21.3 Å². The molecule has 0 saturated heterocycles. The molecule has 0 fully saturated rings. The van der Waals surface area contributed by atoms with Crippen molar-refractivity contribution in [2.24, 2.45) is 0 Å². The van der Waals surface area contributed by atoms with Gasteiger partial charge in [0.2, 0.25) is 0 Å². The number of halogens is 1. The number of benzene rings is 1. The number of urea groups is 1. The van der Waals surface area contributed by atoms with Gasteiger partial charge in [-0.3, -0.25) is 5.32 Å². The first kappa shape index (κ1) is 16.6. The van der Waals surface area contributed by atoms with Crippen molar-refractivity contribution >= 4 is 38.4 Å². The van der Waals surface area contributed by atoms with E-state index in [-0.39, 0.29) is 12.6 Å². The Labute approximate surface area is 150 Å². The van der Waals surface area contributed by atoms with Crippen LogP contribution in [-0.2, 0) is 13.0 Å². The van der Waals surface area contributed by atoms with Gasteiger partial charge in [0.15, 0.2) is 11.0 Å². The molecule has 0 aliphatic heterocycles. The second-order valence-electron chi connectivity index (χ2n) is 4.82. The van der Waals surface area contributed by atoms with Crippen LogP contribution in [0.4, 0.5) is 9.93 Å². The van der Waals surface area contributed by atoms with Crippen molar-refractivity contribution in [1.29, 1.82) is 0 Å². The molecule has 124 valence electrons. The average Bonchev–Trinajstić information content (AvgIpc) is 3.22. The molecule has 3 aromatic rings. The number of nitrogens with zero attached hydrogens (tertiary/aromatic N) is 3. The van der Waals surface area contributed by atoms with E-state index in [2.05, 4.69) is 41.7 Å². The molecule has 24 heavy (non-hydrogen) atoms. The minimum absolute atomic E-state index is 0.162. The van der Waals surface area contributed by atoms with Gasteiger partial charge in [-0.1, -0.05) is 34.1 Å². The first-order valence-electron chi connectivity index (χ1n) is 7.22. The van der Waals surface area contributed by atoms with Crippen molar-refractivity contribution in [3.05, 3.63) is 45.6 Å². The first-order valence-corrected chi connectivity index (χ1v) is 8.83.